The number of piperidine rings is 1. The summed E-state index contributed by atoms with van der Waals surface area (Å²) in [6.45, 7) is 2.91. The molecule has 144 valence electrons. The van der Waals surface area contributed by atoms with Crippen LogP contribution in [0.3, 0.4) is 0 Å². The van der Waals surface area contributed by atoms with Gasteiger partial charge in [0.05, 0.1) is 4.70 Å². The van der Waals surface area contributed by atoms with Crippen LogP contribution in [0.1, 0.15) is 30.1 Å². The van der Waals surface area contributed by atoms with E-state index in [1.807, 2.05) is 6.07 Å². The van der Waals surface area contributed by atoms with Crippen molar-refractivity contribution in [3.8, 4) is 0 Å². The number of nitrogens with zero attached hydrogens (tertiary/aromatic N) is 2. The summed E-state index contributed by atoms with van der Waals surface area (Å²) in [5.41, 5.74) is 1.63. The van der Waals surface area contributed by atoms with Gasteiger partial charge in [-0.25, -0.2) is 9.37 Å². The number of nitrogens with one attached hydrogen (secondary N) is 1. The Hall–Kier alpha value is -2.80. The van der Waals surface area contributed by atoms with E-state index >= 15 is 0 Å². The van der Waals surface area contributed by atoms with Crippen molar-refractivity contribution in [2.24, 2.45) is 5.92 Å². The van der Waals surface area contributed by atoms with Gasteiger partial charge in [0.2, 0.25) is 5.91 Å². The molecule has 0 saturated carbocycles. The van der Waals surface area contributed by atoms with Gasteiger partial charge in [0.1, 0.15) is 11.3 Å². The molecule has 28 heavy (non-hydrogen) atoms. The monoisotopic (exact) mass is 397 g/mol. The van der Waals surface area contributed by atoms with Crippen molar-refractivity contribution in [1.29, 1.82) is 0 Å². The molecule has 1 fully saturated rings. The Kier molecular flexibility index (Phi) is 5.09. The summed E-state index contributed by atoms with van der Waals surface area (Å²) in [6, 6.07) is 12.0. The highest BCUT2D eigenvalue weighted by Crippen LogP contribution is 2.32. The second-order valence-corrected chi connectivity index (χ2v) is 7.98. The molecule has 0 atom stereocenters. The van der Waals surface area contributed by atoms with Gasteiger partial charge < -0.3 is 10.2 Å². The van der Waals surface area contributed by atoms with E-state index < -0.39 is 0 Å². The molecule has 1 aliphatic rings. The van der Waals surface area contributed by atoms with E-state index in [2.05, 4.69) is 15.2 Å². The van der Waals surface area contributed by atoms with E-state index in [1.165, 1.54) is 24.3 Å². The number of thiazole rings is 1. The SMILES string of the molecule is CC(=O)c1cccc(NC(=O)C2CCN(c3nc4c(F)cccc4s3)CC2)c1. The van der Waals surface area contributed by atoms with Crippen LogP contribution in [-0.4, -0.2) is 29.8 Å². The van der Waals surface area contributed by atoms with Crippen molar-refractivity contribution >= 4 is 44.1 Å². The number of rotatable bonds is 4. The van der Waals surface area contributed by atoms with Gasteiger partial charge in [0.15, 0.2) is 10.9 Å². The first kappa shape index (κ1) is 18.6. The van der Waals surface area contributed by atoms with Crippen molar-refractivity contribution in [2.75, 3.05) is 23.3 Å². The van der Waals surface area contributed by atoms with Crippen molar-refractivity contribution in [2.45, 2.75) is 19.8 Å². The number of aromatic nitrogens is 1. The zero-order valence-electron chi connectivity index (χ0n) is 15.4. The van der Waals surface area contributed by atoms with E-state index in [0.29, 0.717) is 42.7 Å². The van der Waals surface area contributed by atoms with Gasteiger partial charge in [0.25, 0.3) is 0 Å². The number of fused-ring (bicyclic) bond motifs is 1. The molecule has 4 rings (SSSR count). The van der Waals surface area contributed by atoms with Gasteiger partial charge in [-0.15, -0.1) is 0 Å². The number of amides is 1. The van der Waals surface area contributed by atoms with Crippen LogP contribution in [0.2, 0.25) is 0 Å². The molecule has 5 nitrogen and oxygen atoms in total. The number of halogens is 1. The van der Waals surface area contributed by atoms with Crippen molar-refractivity contribution in [3.63, 3.8) is 0 Å². The summed E-state index contributed by atoms with van der Waals surface area (Å²) in [5.74, 6) is -0.460. The number of ketones is 1. The predicted molar refractivity (Wildman–Crippen MR) is 110 cm³/mol. The fraction of sp³-hybridized carbons (Fsp3) is 0.286. The molecule has 7 heteroatoms. The summed E-state index contributed by atoms with van der Waals surface area (Å²) in [5, 5.41) is 3.72. The molecule has 0 unspecified atom stereocenters. The third-order valence-electron chi connectivity index (χ3n) is 5.03. The normalized spacial score (nSPS) is 15.0. The Labute approximate surface area is 166 Å². The molecule has 2 heterocycles. The van der Waals surface area contributed by atoms with Crippen LogP contribution in [0.4, 0.5) is 15.2 Å². The maximum atomic E-state index is 13.9. The van der Waals surface area contributed by atoms with Crippen LogP contribution in [0.15, 0.2) is 42.5 Å². The average molecular weight is 397 g/mol. The Morgan fingerprint density at radius 3 is 2.64 bits per heavy atom. The van der Waals surface area contributed by atoms with Gasteiger partial charge in [-0.3, -0.25) is 9.59 Å². The number of carbonyl (C=O) groups is 2. The molecule has 2 aromatic carbocycles. The lowest BCUT2D eigenvalue weighted by atomic mass is 9.96. The van der Waals surface area contributed by atoms with Crippen molar-refractivity contribution in [3.05, 3.63) is 53.8 Å². The first-order valence-electron chi connectivity index (χ1n) is 9.23. The third-order valence-corrected chi connectivity index (χ3v) is 6.11. The molecule has 0 aliphatic carbocycles. The van der Waals surface area contributed by atoms with Gasteiger partial charge in [-0.2, -0.15) is 0 Å². The van der Waals surface area contributed by atoms with E-state index in [4.69, 9.17) is 0 Å². The molecule has 1 N–H and O–H groups in total. The average Bonchev–Trinajstić information content (AvgIpc) is 3.14. The van der Waals surface area contributed by atoms with Gasteiger partial charge in [-0.1, -0.05) is 29.5 Å². The lowest BCUT2D eigenvalue weighted by molar-refractivity contribution is -0.120. The summed E-state index contributed by atoms with van der Waals surface area (Å²) in [6.07, 6.45) is 1.41. The smallest absolute Gasteiger partial charge is 0.227 e. The lowest BCUT2D eigenvalue weighted by Gasteiger charge is -2.31. The second-order valence-electron chi connectivity index (χ2n) is 6.97. The topological polar surface area (TPSA) is 62.3 Å². The standard InChI is InChI=1S/C21H20FN3O2S/c1-13(26)15-4-2-5-16(12-15)23-20(27)14-8-10-25(11-9-14)21-24-19-17(22)6-3-7-18(19)28-21/h2-7,12,14H,8-11H2,1H3,(H,23,27). The molecule has 0 bridgehead atoms. The fourth-order valence-corrected chi connectivity index (χ4v) is 4.46. The largest absolute Gasteiger partial charge is 0.348 e. The molecular weight excluding hydrogens is 377 g/mol. The minimum atomic E-state index is -0.304. The van der Waals surface area contributed by atoms with Gasteiger partial charge in [0, 0.05) is 30.3 Å². The van der Waals surface area contributed by atoms with Crippen LogP contribution in [0, 0.1) is 11.7 Å². The molecule has 0 spiro atoms. The molecule has 1 aliphatic heterocycles. The second kappa shape index (κ2) is 7.67. The van der Waals surface area contributed by atoms with Crippen LogP contribution in [-0.2, 0) is 4.79 Å². The number of hydrogen-bond donors (Lipinski definition) is 1. The lowest BCUT2D eigenvalue weighted by Crippen LogP contribution is -2.38. The summed E-state index contributed by atoms with van der Waals surface area (Å²) >= 11 is 1.48. The Bertz CT molecular complexity index is 1040. The van der Waals surface area contributed by atoms with E-state index in [0.717, 1.165) is 9.83 Å². The molecule has 1 aromatic heterocycles. The molecule has 3 aromatic rings. The van der Waals surface area contributed by atoms with Crippen molar-refractivity contribution < 1.29 is 14.0 Å². The molecule has 0 radical (unpaired) electrons. The minimum Gasteiger partial charge on any atom is -0.348 e. The number of anilines is 2. The molecule has 1 amide bonds. The zero-order valence-corrected chi connectivity index (χ0v) is 16.3. The number of Topliss-reactive ketones (excluding diaryl/α,β-unsaturated/α-hetero) is 1. The van der Waals surface area contributed by atoms with Gasteiger partial charge in [-0.05, 0) is 44.0 Å². The van der Waals surface area contributed by atoms with Crippen molar-refractivity contribution in [1.82, 2.24) is 4.98 Å². The first-order valence-corrected chi connectivity index (χ1v) is 10.0. The third kappa shape index (κ3) is 3.75. The highest BCUT2D eigenvalue weighted by Gasteiger charge is 2.27. The summed E-state index contributed by atoms with van der Waals surface area (Å²) in [7, 11) is 0. The quantitative estimate of drug-likeness (QED) is 0.659. The molecule has 1 saturated heterocycles. The highest BCUT2D eigenvalue weighted by atomic mass is 32.1. The van der Waals surface area contributed by atoms with E-state index in [-0.39, 0.29) is 23.4 Å². The minimum absolute atomic E-state index is 0.0309. The Balaban J connectivity index is 1.39. The first-order chi connectivity index (χ1) is 13.5. The number of hydrogen-bond acceptors (Lipinski definition) is 5. The zero-order chi connectivity index (χ0) is 19.7. The van der Waals surface area contributed by atoms with Crippen LogP contribution < -0.4 is 10.2 Å². The van der Waals surface area contributed by atoms with E-state index in [9.17, 15) is 14.0 Å². The van der Waals surface area contributed by atoms with E-state index in [1.54, 1.807) is 30.3 Å². The maximum absolute atomic E-state index is 13.9. The van der Waals surface area contributed by atoms with Crippen LogP contribution in [0.5, 0.6) is 0 Å². The highest BCUT2D eigenvalue weighted by molar-refractivity contribution is 7.22. The number of para-hydroxylation sites is 1. The maximum Gasteiger partial charge on any atom is 0.227 e. The summed E-state index contributed by atoms with van der Waals surface area (Å²) in [4.78, 5) is 30.6. The fourth-order valence-electron chi connectivity index (χ4n) is 3.43. The number of benzene rings is 2. The number of carbonyl (C=O) groups excluding carboxylic acids is 2. The Morgan fingerprint density at radius 2 is 1.93 bits per heavy atom. The van der Waals surface area contributed by atoms with Crippen LogP contribution >= 0.6 is 11.3 Å². The van der Waals surface area contributed by atoms with Crippen LogP contribution in [0.25, 0.3) is 10.2 Å². The molecular formula is C21H20FN3O2S. The Morgan fingerprint density at radius 1 is 1.18 bits per heavy atom. The van der Waals surface area contributed by atoms with Gasteiger partial charge >= 0.3 is 0 Å². The summed E-state index contributed by atoms with van der Waals surface area (Å²) < 4.78 is 14.7. The predicted octanol–water partition coefficient (Wildman–Crippen LogP) is 4.49.